The minimum Gasteiger partial charge on any atom is -0.329 e. The van der Waals surface area contributed by atoms with E-state index in [0.29, 0.717) is 12.1 Å². The van der Waals surface area contributed by atoms with Gasteiger partial charge in [-0.05, 0) is 47.8 Å². The van der Waals surface area contributed by atoms with Gasteiger partial charge in [0.1, 0.15) is 0 Å². The molecule has 2 unspecified atom stereocenters. The van der Waals surface area contributed by atoms with Crippen molar-refractivity contribution < 1.29 is 0 Å². The number of thiophene rings is 1. The first-order valence-corrected chi connectivity index (χ1v) is 8.63. The zero-order valence-corrected chi connectivity index (χ0v) is 13.5. The van der Waals surface area contributed by atoms with Crippen molar-refractivity contribution in [2.24, 2.45) is 5.73 Å². The van der Waals surface area contributed by atoms with E-state index < -0.39 is 0 Å². The lowest BCUT2D eigenvalue weighted by Crippen LogP contribution is -2.40. The van der Waals surface area contributed by atoms with E-state index >= 15 is 0 Å². The van der Waals surface area contributed by atoms with E-state index in [0.717, 1.165) is 6.54 Å². The molecule has 1 saturated heterocycles. The summed E-state index contributed by atoms with van der Waals surface area (Å²) >= 11 is 5.38. The molecule has 2 N–H and O–H groups in total. The highest BCUT2D eigenvalue weighted by molar-refractivity contribution is 9.10. The summed E-state index contributed by atoms with van der Waals surface area (Å²) < 4.78 is 1.18. The summed E-state index contributed by atoms with van der Waals surface area (Å²) in [5.74, 6) is 0. The third-order valence-corrected chi connectivity index (χ3v) is 5.73. The molecule has 2 nitrogen and oxygen atoms in total. The SMILES string of the molecule is CCC1CCCCCN1C(CN)c1cc(Br)cs1. The number of halogens is 1. The minimum atomic E-state index is 0.407. The van der Waals surface area contributed by atoms with Crippen LogP contribution in [0, 0.1) is 0 Å². The smallest absolute Gasteiger partial charge is 0.0567 e. The molecule has 2 atom stereocenters. The minimum absolute atomic E-state index is 0.407. The molecular formula is C14H23BrN2S. The van der Waals surface area contributed by atoms with Crippen molar-refractivity contribution in [3.8, 4) is 0 Å². The number of hydrogen-bond acceptors (Lipinski definition) is 3. The van der Waals surface area contributed by atoms with Crippen LogP contribution in [0.5, 0.6) is 0 Å². The van der Waals surface area contributed by atoms with Crippen LogP contribution in [0.2, 0.25) is 0 Å². The Hall–Kier alpha value is 0.1000. The van der Waals surface area contributed by atoms with Gasteiger partial charge in [-0.3, -0.25) is 4.90 Å². The Bertz CT molecular complexity index is 366. The molecular weight excluding hydrogens is 308 g/mol. The van der Waals surface area contributed by atoms with Crippen LogP contribution in [0.15, 0.2) is 15.9 Å². The van der Waals surface area contributed by atoms with E-state index in [1.807, 2.05) is 11.3 Å². The standard InChI is InChI=1S/C14H23BrN2S/c1-2-12-6-4-3-5-7-17(12)13(9-16)14-8-11(15)10-18-14/h8,10,12-13H,2-7,9,16H2,1H3. The monoisotopic (exact) mass is 330 g/mol. The van der Waals surface area contributed by atoms with Crippen LogP contribution in [0.3, 0.4) is 0 Å². The number of nitrogens with two attached hydrogens (primary N) is 1. The topological polar surface area (TPSA) is 29.3 Å². The molecule has 2 heterocycles. The van der Waals surface area contributed by atoms with Gasteiger partial charge in [0.15, 0.2) is 0 Å². The maximum Gasteiger partial charge on any atom is 0.0567 e. The van der Waals surface area contributed by atoms with Crippen molar-refractivity contribution in [1.29, 1.82) is 0 Å². The Morgan fingerprint density at radius 1 is 1.50 bits per heavy atom. The van der Waals surface area contributed by atoms with Crippen LogP contribution in [-0.2, 0) is 0 Å². The highest BCUT2D eigenvalue weighted by atomic mass is 79.9. The van der Waals surface area contributed by atoms with Gasteiger partial charge < -0.3 is 5.73 Å². The first-order valence-electron chi connectivity index (χ1n) is 6.96. The van der Waals surface area contributed by atoms with E-state index in [1.165, 1.54) is 48.0 Å². The zero-order chi connectivity index (χ0) is 13.0. The molecule has 0 saturated carbocycles. The first-order chi connectivity index (χ1) is 8.76. The highest BCUT2D eigenvalue weighted by Crippen LogP contribution is 2.33. The van der Waals surface area contributed by atoms with Crippen LogP contribution < -0.4 is 5.73 Å². The van der Waals surface area contributed by atoms with Crippen molar-refractivity contribution in [3.05, 3.63) is 20.8 Å². The molecule has 4 heteroatoms. The number of hydrogen-bond donors (Lipinski definition) is 1. The van der Waals surface area contributed by atoms with Gasteiger partial charge in [-0.2, -0.15) is 0 Å². The average Bonchev–Trinajstić information content (AvgIpc) is 2.66. The average molecular weight is 331 g/mol. The van der Waals surface area contributed by atoms with Crippen molar-refractivity contribution in [3.63, 3.8) is 0 Å². The van der Waals surface area contributed by atoms with Gasteiger partial charge in [-0.25, -0.2) is 0 Å². The van der Waals surface area contributed by atoms with E-state index in [-0.39, 0.29) is 0 Å². The van der Waals surface area contributed by atoms with Crippen molar-refractivity contribution in [2.45, 2.75) is 51.1 Å². The van der Waals surface area contributed by atoms with Crippen molar-refractivity contribution in [1.82, 2.24) is 4.90 Å². The maximum atomic E-state index is 6.06. The predicted octanol–water partition coefficient (Wildman–Crippen LogP) is 4.17. The Labute approximate surface area is 123 Å². The fraction of sp³-hybridized carbons (Fsp3) is 0.714. The molecule has 0 aliphatic carbocycles. The Morgan fingerprint density at radius 3 is 2.94 bits per heavy atom. The quantitative estimate of drug-likeness (QED) is 0.897. The molecule has 1 aliphatic rings. The second kappa shape index (κ2) is 7.04. The van der Waals surface area contributed by atoms with E-state index in [1.54, 1.807) is 0 Å². The number of rotatable bonds is 4. The Balaban J connectivity index is 2.18. The fourth-order valence-corrected chi connectivity index (χ4v) is 4.55. The number of nitrogens with zero attached hydrogens (tertiary/aromatic N) is 1. The van der Waals surface area contributed by atoms with Gasteiger partial charge in [0.2, 0.25) is 0 Å². The summed E-state index contributed by atoms with van der Waals surface area (Å²) in [6, 6.07) is 3.35. The van der Waals surface area contributed by atoms with Crippen molar-refractivity contribution in [2.75, 3.05) is 13.1 Å². The molecule has 1 aromatic rings. The number of likely N-dealkylation sites (tertiary alicyclic amines) is 1. The molecule has 1 aliphatic heterocycles. The molecule has 1 aromatic heterocycles. The van der Waals surface area contributed by atoms with Gasteiger partial charge >= 0.3 is 0 Å². The van der Waals surface area contributed by atoms with Gasteiger partial charge in [0, 0.05) is 27.3 Å². The van der Waals surface area contributed by atoms with Gasteiger partial charge in [-0.15, -0.1) is 11.3 Å². The zero-order valence-electron chi connectivity index (χ0n) is 11.1. The largest absolute Gasteiger partial charge is 0.329 e. The van der Waals surface area contributed by atoms with Gasteiger partial charge in [0.25, 0.3) is 0 Å². The molecule has 0 bridgehead atoms. The second-order valence-corrected chi connectivity index (χ2v) is 6.93. The lowest BCUT2D eigenvalue weighted by molar-refractivity contribution is 0.138. The predicted molar refractivity (Wildman–Crippen MR) is 83.1 cm³/mol. The summed E-state index contributed by atoms with van der Waals surface area (Å²) in [6.07, 6.45) is 6.64. The van der Waals surface area contributed by atoms with E-state index in [2.05, 4.69) is 39.2 Å². The van der Waals surface area contributed by atoms with Gasteiger partial charge in [0.05, 0.1) is 6.04 Å². The van der Waals surface area contributed by atoms with Crippen molar-refractivity contribution >= 4 is 27.3 Å². The first kappa shape index (κ1) is 14.5. The van der Waals surface area contributed by atoms with E-state index in [4.69, 9.17) is 5.73 Å². The summed E-state index contributed by atoms with van der Waals surface area (Å²) in [7, 11) is 0. The van der Waals surface area contributed by atoms with E-state index in [9.17, 15) is 0 Å². The Kier molecular flexibility index (Phi) is 5.67. The van der Waals surface area contributed by atoms with Crippen LogP contribution in [-0.4, -0.2) is 24.0 Å². The molecule has 18 heavy (non-hydrogen) atoms. The molecule has 1 fully saturated rings. The fourth-order valence-electron chi connectivity index (χ4n) is 2.97. The highest BCUT2D eigenvalue weighted by Gasteiger charge is 2.27. The molecule has 2 rings (SSSR count). The van der Waals surface area contributed by atoms with Crippen LogP contribution in [0.1, 0.15) is 49.9 Å². The van der Waals surface area contributed by atoms with Gasteiger partial charge in [-0.1, -0.05) is 19.8 Å². The summed E-state index contributed by atoms with van der Waals surface area (Å²) in [6.45, 7) is 4.24. The molecule has 0 aromatic carbocycles. The van der Waals surface area contributed by atoms with Crippen LogP contribution in [0.4, 0.5) is 0 Å². The van der Waals surface area contributed by atoms with Crippen LogP contribution >= 0.6 is 27.3 Å². The Morgan fingerprint density at radius 2 is 2.33 bits per heavy atom. The van der Waals surface area contributed by atoms with Crippen LogP contribution in [0.25, 0.3) is 0 Å². The maximum absolute atomic E-state index is 6.06. The molecule has 0 amide bonds. The third-order valence-electron chi connectivity index (χ3n) is 3.93. The third kappa shape index (κ3) is 3.35. The molecule has 0 spiro atoms. The summed E-state index contributed by atoms with van der Waals surface area (Å²) in [5.41, 5.74) is 6.06. The normalized spacial score (nSPS) is 23.8. The molecule has 0 radical (unpaired) electrons. The lowest BCUT2D eigenvalue weighted by atomic mass is 10.0. The second-order valence-electron chi connectivity index (χ2n) is 5.07. The molecule has 102 valence electrons. The lowest BCUT2D eigenvalue weighted by Gasteiger charge is -2.35. The summed E-state index contributed by atoms with van der Waals surface area (Å²) in [4.78, 5) is 4.07. The summed E-state index contributed by atoms with van der Waals surface area (Å²) in [5, 5.41) is 2.16.